The van der Waals surface area contributed by atoms with Crippen LogP contribution in [0.2, 0.25) is 0 Å². The Bertz CT molecular complexity index is 237. The van der Waals surface area contributed by atoms with Crippen LogP contribution in [0.4, 0.5) is 0 Å². The molecule has 0 aromatic carbocycles. The van der Waals surface area contributed by atoms with Crippen molar-refractivity contribution < 1.29 is 8.76 Å². The van der Waals surface area contributed by atoms with E-state index < -0.39 is 8.14 Å². The second kappa shape index (κ2) is 10.8. The Morgan fingerprint density at radius 3 is 1.62 bits per heavy atom. The molecular weight excluding hydrogens is 287 g/mol. The van der Waals surface area contributed by atoms with Gasteiger partial charge in [0.25, 0.3) is 0 Å². The van der Waals surface area contributed by atoms with Gasteiger partial charge in [-0.2, -0.15) is 0 Å². The summed E-state index contributed by atoms with van der Waals surface area (Å²) < 4.78 is 19.9. The Morgan fingerprint density at radius 2 is 1.25 bits per heavy atom. The van der Waals surface area contributed by atoms with Gasteiger partial charge in [0.2, 0.25) is 0 Å². The maximum absolute atomic E-state index is 10.9. The van der Waals surface area contributed by atoms with Crippen LogP contribution in [-0.4, -0.2) is 28.9 Å². The third kappa shape index (κ3) is 14.6. The molecule has 0 saturated carbocycles. The molecule has 0 aliphatic carbocycles. The Balaban J connectivity index is 3.05. The summed E-state index contributed by atoms with van der Waals surface area (Å²) in [7, 11) is -2.61. The fraction of sp³-hybridized carbons (Fsp3) is 1.00. The summed E-state index contributed by atoms with van der Waals surface area (Å²) in [6.45, 7) is 2.24. The summed E-state index contributed by atoms with van der Waals surface area (Å²) in [5.41, 5.74) is 0. The summed E-state index contributed by atoms with van der Waals surface area (Å²) >= 11 is 2.33. The zero-order valence-corrected chi connectivity index (χ0v) is 13.0. The van der Waals surface area contributed by atoms with Gasteiger partial charge < -0.3 is 0 Å². The predicted molar refractivity (Wildman–Crippen MR) is 73.2 cm³/mol. The molecule has 0 rings (SSSR count). The first-order valence-corrected chi connectivity index (χ1v) is 10.2. The first-order valence-electron chi connectivity index (χ1n) is 6.51. The second-order valence-corrected chi connectivity index (χ2v) is 9.32. The molecule has 0 spiro atoms. The molecule has 0 bridgehead atoms. The minimum atomic E-state index is -2.61. The van der Waals surface area contributed by atoms with Crippen LogP contribution in [0.3, 0.4) is 0 Å². The van der Waals surface area contributed by atoms with E-state index in [1.807, 2.05) is 0 Å². The van der Waals surface area contributed by atoms with E-state index in [-0.39, 0.29) is 0 Å². The summed E-state index contributed by atoms with van der Waals surface area (Å²) in [4.78, 5) is 0. The molecule has 4 heteroatoms. The van der Waals surface area contributed by atoms with Gasteiger partial charge in [0.1, 0.15) is 0 Å². The Labute approximate surface area is 108 Å². The molecule has 1 N–H and O–H groups in total. The van der Waals surface area contributed by atoms with Crippen molar-refractivity contribution in [1.82, 2.24) is 0 Å². The number of hydrogen-bond donors (Lipinski definition) is 1. The molecule has 0 fully saturated rings. The topological polar surface area (TPSA) is 37.3 Å². The van der Waals surface area contributed by atoms with E-state index in [0.29, 0.717) is 5.75 Å². The number of hydrogen-bond acceptors (Lipinski definition) is 1. The van der Waals surface area contributed by atoms with Gasteiger partial charge in [0.05, 0.1) is 0 Å². The maximum atomic E-state index is 10.9. The fourth-order valence-electron chi connectivity index (χ4n) is 1.77. The molecule has 0 saturated heterocycles. The summed E-state index contributed by atoms with van der Waals surface area (Å²) in [6, 6.07) is 0. The molecule has 1 atom stereocenters. The van der Waals surface area contributed by atoms with Gasteiger partial charge in [-0.25, -0.2) is 0 Å². The molecule has 16 heavy (non-hydrogen) atoms. The minimum absolute atomic E-state index is 0.420. The van der Waals surface area contributed by atoms with Crippen LogP contribution in [-0.2, 0) is 8.14 Å². The molecule has 0 aliphatic heterocycles. The molecule has 0 aromatic rings. The molecule has 2 nitrogen and oxygen atoms in total. The Morgan fingerprint density at radius 1 is 0.875 bits per heavy atom. The van der Waals surface area contributed by atoms with Crippen LogP contribution >= 0.6 is 0 Å². The molecule has 98 valence electrons. The standard InChI is InChI=1S/C12H26O2SSe/c1-2-3-4-5-6-7-8-9-10-11-12-15(13,14)16/h2-12H2,1H3,(H,13,14,16). The second-order valence-electron chi connectivity index (χ2n) is 4.47. The van der Waals surface area contributed by atoms with Crippen molar-refractivity contribution in [3.05, 3.63) is 0 Å². The van der Waals surface area contributed by atoms with Crippen molar-refractivity contribution in [3.8, 4) is 0 Å². The van der Waals surface area contributed by atoms with Crippen molar-refractivity contribution in [1.29, 1.82) is 0 Å². The van der Waals surface area contributed by atoms with E-state index in [9.17, 15) is 4.21 Å². The molecule has 0 radical (unpaired) electrons. The molecule has 0 amide bonds. The number of unbranched alkanes of at least 4 members (excludes halogenated alkanes) is 9. The predicted octanol–water partition coefficient (Wildman–Crippen LogP) is 3.75. The van der Waals surface area contributed by atoms with E-state index in [1.165, 1.54) is 51.4 Å². The van der Waals surface area contributed by atoms with Crippen molar-refractivity contribution in [2.45, 2.75) is 71.1 Å². The van der Waals surface area contributed by atoms with Crippen LogP contribution < -0.4 is 0 Å². The molecular formula is C12H26O2SSe. The zero-order valence-electron chi connectivity index (χ0n) is 10.5. The van der Waals surface area contributed by atoms with Crippen molar-refractivity contribution >= 4 is 22.5 Å². The molecule has 0 aromatic heterocycles. The van der Waals surface area contributed by atoms with Gasteiger partial charge in [-0.15, -0.1) is 0 Å². The van der Waals surface area contributed by atoms with Crippen LogP contribution in [0.1, 0.15) is 71.1 Å². The van der Waals surface area contributed by atoms with Gasteiger partial charge in [0.15, 0.2) is 0 Å². The SMILES string of the molecule is CCCCCCCCCCCCS(=O)(O)=[Se]. The van der Waals surface area contributed by atoms with Crippen LogP contribution in [0, 0.1) is 0 Å². The van der Waals surface area contributed by atoms with E-state index >= 15 is 0 Å². The average molecular weight is 313 g/mol. The number of rotatable bonds is 11. The summed E-state index contributed by atoms with van der Waals surface area (Å²) in [5, 5.41) is 0. The molecule has 0 heterocycles. The quantitative estimate of drug-likeness (QED) is 0.466. The molecule has 1 unspecified atom stereocenters. The van der Waals surface area contributed by atoms with E-state index in [2.05, 4.69) is 21.3 Å². The summed E-state index contributed by atoms with van der Waals surface area (Å²) in [6.07, 6.45) is 12.6. The monoisotopic (exact) mass is 314 g/mol. The van der Waals surface area contributed by atoms with Gasteiger partial charge in [-0.05, 0) is 0 Å². The Kier molecular flexibility index (Phi) is 11.2. The van der Waals surface area contributed by atoms with Gasteiger partial charge in [-0.3, -0.25) is 0 Å². The van der Waals surface area contributed by atoms with Crippen molar-refractivity contribution in [2.75, 3.05) is 5.75 Å². The normalized spacial score (nSPS) is 14.9. The third-order valence-electron chi connectivity index (χ3n) is 2.76. The molecule has 0 aliphatic rings. The fourth-order valence-corrected chi connectivity index (χ4v) is 3.08. The van der Waals surface area contributed by atoms with Crippen molar-refractivity contribution in [2.24, 2.45) is 0 Å². The van der Waals surface area contributed by atoms with E-state index in [4.69, 9.17) is 4.55 Å². The van der Waals surface area contributed by atoms with E-state index in [0.717, 1.165) is 12.8 Å². The van der Waals surface area contributed by atoms with Crippen LogP contribution in [0.5, 0.6) is 0 Å². The van der Waals surface area contributed by atoms with Crippen LogP contribution in [0.25, 0.3) is 0 Å². The first kappa shape index (κ1) is 16.6. The van der Waals surface area contributed by atoms with E-state index in [1.54, 1.807) is 0 Å². The zero-order chi connectivity index (χ0) is 12.3. The van der Waals surface area contributed by atoms with Gasteiger partial charge >= 0.3 is 101 Å². The van der Waals surface area contributed by atoms with Gasteiger partial charge in [-0.1, -0.05) is 6.92 Å². The van der Waals surface area contributed by atoms with Crippen molar-refractivity contribution in [3.63, 3.8) is 0 Å². The third-order valence-corrected chi connectivity index (χ3v) is 4.61. The average Bonchev–Trinajstić information content (AvgIpc) is 2.19. The summed E-state index contributed by atoms with van der Waals surface area (Å²) in [5.74, 6) is 0.420. The first-order chi connectivity index (χ1) is 7.56. The van der Waals surface area contributed by atoms with Gasteiger partial charge in [0, 0.05) is 0 Å². The van der Waals surface area contributed by atoms with Crippen LogP contribution in [0.15, 0.2) is 0 Å². The Hall–Kier alpha value is 0.629.